The summed E-state index contributed by atoms with van der Waals surface area (Å²) >= 11 is 3.38. The summed E-state index contributed by atoms with van der Waals surface area (Å²) < 4.78 is 0.873. The van der Waals surface area contributed by atoms with Gasteiger partial charge in [-0.3, -0.25) is 14.9 Å². The van der Waals surface area contributed by atoms with Crippen molar-refractivity contribution < 1.29 is 9.72 Å². The van der Waals surface area contributed by atoms with Crippen LogP contribution in [0.2, 0.25) is 0 Å². The van der Waals surface area contributed by atoms with Crippen LogP contribution in [-0.4, -0.2) is 10.8 Å². The molecule has 0 bridgehead atoms. The maximum atomic E-state index is 12.1. The first-order valence-electron chi connectivity index (χ1n) is 6.05. The van der Waals surface area contributed by atoms with Gasteiger partial charge in [-0.25, -0.2) is 0 Å². The number of amides is 1. The number of nitro groups is 1. The summed E-state index contributed by atoms with van der Waals surface area (Å²) in [5.74, 6) is -0.452. The fourth-order valence-corrected chi connectivity index (χ4v) is 2.25. The molecule has 0 aliphatic rings. The zero-order chi connectivity index (χ0) is 15.4. The molecule has 0 fully saturated rings. The molecule has 2 rings (SSSR count). The molecule has 0 spiro atoms. The Hall–Kier alpha value is -2.41. The van der Waals surface area contributed by atoms with Crippen LogP contribution in [0.5, 0.6) is 0 Å². The Bertz CT molecular complexity index is 704. The maximum Gasteiger partial charge on any atom is 0.292 e. The molecular weight excluding hydrogens is 338 g/mol. The SMILES string of the molecule is Nc1c(C(=O)NCc2ccccc2Br)cccc1[N+](=O)[O-]. The first kappa shape index (κ1) is 15.0. The molecule has 6 nitrogen and oxygen atoms in total. The number of nitro benzene ring substituents is 1. The molecule has 1 amide bonds. The van der Waals surface area contributed by atoms with Crippen LogP contribution in [0, 0.1) is 10.1 Å². The van der Waals surface area contributed by atoms with Gasteiger partial charge in [-0.2, -0.15) is 0 Å². The van der Waals surface area contributed by atoms with Gasteiger partial charge in [0.25, 0.3) is 11.6 Å². The van der Waals surface area contributed by atoms with E-state index in [0.29, 0.717) is 6.54 Å². The molecule has 0 aliphatic heterocycles. The summed E-state index contributed by atoms with van der Waals surface area (Å²) in [5, 5.41) is 13.5. The summed E-state index contributed by atoms with van der Waals surface area (Å²) in [7, 11) is 0. The second-order valence-corrected chi connectivity index (χ2v) is 5.12. The van der Waals surface area contributed by atoms with Gasteiger partial charge in [0.1, 0.15) is 5.69 Å². The number of nitrogens with one attached hydrogen (secondary N) is 1. The highest BCUT2D eigenvalue weighted by molar-refractivity contribution is 9.10. The minimum Gasteiger partial charge on any atom is -0.393 e. The van der Waals surface area contributed by atoms with E-state index in [2.05, 4.69) is 21.2 Å². The number of carbonyl (C=O) groups is 1. The lowest BCUT2D eigenvalue weighted by Crippen LogP contribution is -2.24. The Kier molecular flexibility index (Phi) is 4.54. The number of rotatable bonds is 4. The van der Waals surface area contributed by atoms with Gasteiger partial charge in [0, 0.05) is 17.1 Å². The monoisotopic (exact) mass is 349 g/mol. The minimum atomic E-state index is -0.611. The van der Waals surface area contributed by atoms with E-state index in [1.807, 2.05) is 24.3 Å². The van der Waals surface area contributed by atoms with E-state index in [0.717, 1.165) is 10.0 Å². The van der Waals surface area contributed by atoms with Crippen LogP contribution in [0.25, 0.3) is 0 Å². The smallest absolute Gasteiger partial charge is 0.292 e. The lowest BCUT2D eigenvalue weighted by Gasteiger charge is -2.09. The van der Waals surface area contributed by atoms with Crippen molar-refractivity contribution in [1.29, 1.82) is 0 Å². The van der Waals surface area contributed by atoms with Gasteiger partial charge in [0.2, 0.25) is 0 Å². The van der Waals surface area contributed by atoms with E-state index < -0.39 is 10.8 Å². The molecule has 0 radical (unpaired) electrons. The molecule has 3 N–H and O–H groups in total. The number of nitrogen functional groups attached to an aromatic ring is 1. The predicted octanol–water partition coefficient (Wildman–Crippen LogP) is 2.87. The summed E-state index contributed by atoms with van der Waals surface area (Å²) in [5.41, 5.74) is 6.26. The van der Waals surface area contributed by atoms with Crippen LogP contribution in [0.1, 0.15) is 15.9 Å². The number of carbonyl (C=O) groups excluding carboxylic acids is 1. The highest BCUT2D eigenvalue weighted by atomic mass is 79.9. The van der Waals surface area contributed by atoms with E-state index in [1.54, 1.807) is 0 Å². The van der Waals surface area contributed by atoms with E-state index in [9.17, 15) is 14.9 Å². The number of hydrogen-bond acceptors (Lipinski definition) is 4. The van der Waals surface area contributed by atoms with Gasteiger partial charge in [-0.1, -0.05) is 40.2 Å². The highest BCUT2D eigenvalue weighted by Crippen LogP contribution is 2.24. The van der Waals surface area contributed by atoms with E-state index in [4.69, 9.17) is 5.73 Å². The molecule has 2 aromatic carbocycles. The second-order valence-electron chi connectivity index (χ2n) is 4.27. The third-order valence-corrected chi connectivity index (χ3v) is 3.70. The van der Waals surface area contributed by atoms with Crippen molar-refractivity contribution in [2.24, 2.45) is 0 Å². The van der Waals surface area contributed by atoms with Gasteiger partial charge < -0.3 is 11.1 Å². The highest BCUT2D eigenvalue weighted by Gasteiger charge is 2.18. The predicted molar refractivity (Wildman–Crippen MR) is 82.8 cm³/mol. The lowest BCUT2D eigenvalue weighted by molar-refractivity contribution is -0.383. The summed E-state index contributed by atoms with van der Waals surface area (Å²) in [6, 6.07) is 11.6. The molecule has 0 unspecified atom stereocenters. The Morgan fingerprint density at radius 2 is 1.95 bits per heavy atom. The molecule has 0 atom stereocenters. The first-order chi connectivity index (χ1) is 10.0. The quantitative estimate of drug-likeness (QED) is 0.503. The molecule has 21 heavy (non-hydrogen) atoms. The average molecular weight is 350 g/mol. The molecule has 0 heterocycles. The molecular formula is C14H12BrN3O3. The largest absolute Gasteiger partial charge is 0.393 e. The number of halogens is 1. The van der Waals surface area contributed by atoms with Crippen LogP contribution in [0.15, 0.2) is 46.9 Å². The molecule has 2 aromatic rings. The Morgan fingerprint density at radius 1 is 1.24 bits per heavy atom. The normalized spacial score (nSPS) is 10.1. The molecule has 7 heteroatoms. The summed E-state index contributed by atoms with van der Waals surface area (Å²) in [6.45, 7) is 0.294. The zero-order valence-corrected chi connectivity index (χ0v) is 12.5. The third-order valence-electron chi connectivity index (χ3n) is 2.92. The maximum absolute atomic E-state index is 12.1. The molecule has 0 aliphatic carbocycles. The first-order valence-corrected chi connectivity index (χ1v) is 6.84. The Balaban J connectivity index is 2.16. The fourth-order valence-electron chi connectivity index (χ4n) is 1.82. The van der Waals surface area contributed by atoms with Crippen molar-refractivity contribution >= 4 is 33.2 Å². The standard InChI is InChI=1S/C14H12BrN3O3/c15-11-6-2-1-4-9(11)8-17-14(19)10-5-3-7-12(13(10)16)18(20)21/h1-7H,8,16H2,(H,17,19). The van der Waals surface area contributed by atoms with Gasteiger partial charge in [-0.05, 0) is 17.7 Å². The van der Waals surface area contributed by atoms with Crippen LogP contribution >= 0.6 is 15.9 Å². The van der Waals surface area contributed by atoms with E-state index in [-0.39, 0.29) is 16.9 Å². The van der Waals surface area contributed by atoms with Crippen molar-refractivity contribution in [3.05, 3.63) is 68.2 Å². The van der Waals surface area contributed by atoms with Gasteiger partial charge >= 0.3 is 0 Å². The molecule has 0 saturated heterocycles. The van der Waals surface area contributed by atoms with Crippen molar-refractivity contribution in [2.45, 2.75) is 6.54 Å². The molecule has 108 valence electrons. The van der Waals surface area contributed by atoms with Crippen molar-refractivity contribution in [3.8, 4) is 0 Å². The summed E-state index contributed by atoms with van der Waals surface area (Å²) in [6.07, 6.45) is 0. The average Bonchev–Trinajstić information content (AvgIpc) is 2.46. The van der Waals surface area contributed by atoms with Crippen LogP contribution < -0.4 is 11.1 Å². The minimum absolute atomic E-state index is 0.0938. The zero-order valence-electron chi connectivity index (χ0n) is 10.9. The van der Waals surface area contributed by atoms with E-state index >= 15 is 0 Å². The van der Waals surface area contributed by atoms with Crippen LogP contribution in [0.3, 0.4) is 0 Å². The summed E-state index contributed by atoms with van der Waals surface area (Å²) in [4.78, 5) is 22.3. The van der Waals surface area contributed by atoms with Crippen molar-refractivity contribution in [1.82, 2.24) is 5.32 Å². The second kappa shape index (κ2) is 6.36. The lowest BCUT2D eigenvalue weighted by atomic mass is 10.1. The van der Waals surface area contributed by atoms with Crippen molar-refractivity contribution in [3.63, 3.8) is 0 Å². The number of nitrogens with two attached hydrogens (primary N) is 1. The number of nitrogens with zero attached hydrogens (tertiary/aromatic N) is 1. The van der Waals surface area contributed by atoms with Crippen LogP contribution in [-0.2, 0) is 6.54 Å². The van der Waals surface area contributed by atoms with Crippen LogP contribution in [0.4, 0.5) is 11.4 Å². The van der Waals surface area contributed by atoms with Gasteiger partial charge in [-0.15, -0.1) is 0 Å². The molecule has 0 saturated carbocycles. The number of benzene rings is 2. The topological polar surface area (TPSA) is 98.3 Å². The van der Waals surface area contributed by atoms with Gasteiger partial charge in [0.05, 0.1) is 10.5 Å². The molecule has 0 aromatic heterocycles. The number of anilines is 1. The van der Waals surface area contributed by atoms with Crippen molar-refractivity contribution in [2.75, 3.05) is 5.73 Å². The Labute approximate surface area is 129 Å². The number of hydrogen-bond donors (Lipinski definition) is 2. The van der Waals surface area contributed by atoms with Gasteiger partial charge in [0.15, 0.2) is 0 Å². The third kappa shape index (κ3) is 3.38. The number of para-hydroxylation sites is 1. The fraction of sp³-hybridized carbons (Fsp3) is 0.0714. The van der Waals surface area contributed by atoms with E-state index in [1.165, 1.54) is 18.2 Å². The Morgan fingerprint density at radius 3 is 2.62 bits per heavy atom.